The molecule has 2 heterocycles. The van der Waals surface area contributed by atoms with Crippen molar-refractivity contribution in [3.63, 3.8) is 0 Å². The molecule has 0 atom stereocenters. The van der Waals surface area contributed by atoms with Gasteiger partial charge in [-0.05, 0) is 36.2 Å². The first-order valence-electron chi connectivity index (χ1n) is 7.09. The number of carboxylic acids is 1. The summed E-state index contributed by atoms with van der Waals surface area (Å²) in [7, 11) is 0. The predicted octanol–water partition coefficient (Wildman–Crippen LogP) is 2.21. The second kappa shape index (κ2) is 6.70. The lowest BCUT2D eigenvalue weighted by Crippen LogP contribution is -2.22. The minimum absolute atomic E-state index is 0.177. The van der Waals surface area contributed by atoms with Gasteiger partial charge >= 0.3 is 0 Å². The monoisotopic (exact) mass is 328 g/mol. The number of carbonyl (C=O) groups is 1. The van der Waals surface area contributed by atoms with Gasteiger partial charge in [0.1, 0.15) is 0 Å². The highest BCUT2D eigenvalue weighted by molar-refractivity contribution is 7.98. The van der Waals surface area contributed by atoms with E-state index in [-0.39, 0.29) is 5.56 Å². The summed E-state index contributed by atoms with van der Waals surface area (Å²) in [4.78, 5) is 10.9. The van der Waals surface area contributed by atoms with Crippen LogP contribution in [0.15, 0.2) is 52.2 Å². The van der Waals surface area contributed by atoms with Gasteiger partial charge < -0.3 is 14.3 Å². The Balaban J connectivity index is 1.79. The van der Waals surface area contributed by atoms with Crippen LogP contribution < -0.4 is 5.11 Å². The summed E-state index contributed by atoms with van der Waals surface area (Å²) in [6.45, 7) is 2.72. The fourth-order valence-corrected chi connectivity index (χ4v) is 3.15. The van der Waals surface area contributed by atoms with Crippen molar-refractivity contribution in [2.75, 3.05) is 0 Å². The fourth-order valence-electron chi connectivity index (χ4n) is 2.20. The third kappa shape index (κ3) is 3.29. The summed E-state index contributed by atoms with van der Waals surface area (Å²) in [5.74, 6) is 0.777. The zero-order valence-electron chi connectivity index (χ0n) is 12.4. The average molecular weight is 328 g/mol. The summed E-state index contributed by atoms with van der Waals surface area (Å²) in [5.41, 5.74) is 1.07. The number of nitrogens with zero attached hydrogens (tertiary/aromatic N) is 3. The Morgan fingerprint density at radius 2 is 2.17 bits per heavy atom. The molecular formula is C16H14N3O3S-. The van der Waals surface area contributed by atoms with E-state index in [9.17, 15) is 9.90 Å². The summed E-state index contributed by atoms with van der Waals surface area (Å²) in [6.07, 6.45) is 1.60. The lowest BCUT2D eigenvalue weighted by atomic mass is 10.1. The maximum absolute atomic E-state index is 10.9. The molecule has 0 aliphatic rings. The second-order valence-corrected chi connectivity index (χ2v) is 5.75. The highest BCUT2D eigenvalue weighted by Gasteiger charge is 2.15. The maximum atomic E-state index is 10.9. The number of hydrogen-bond acceptors (Lipinski definition) is 6. The number of aromatic nitrogens is 3. The van der Waals surface area contributed by atoms with Crippen LogP contribution in [0.25, 0.3) is 11.6 Å². The van der Waals surface area contributed by atoms with Crippen molar-refractivity contribution in [3.8, 4) is 11.6 Å². The highest BCUT2D eigenvalue weighted by Crippen LogP contribution is 2.26. The molecule has 0 spiro atoms. The third-order valence-corrected chi connectivity index (χ3v) is 4.34. The SMILES string of the molecule is CCn1c(SCc2cccc(C(=O)[O-])c2)nnc1-c1ccco1. The number of thioether (sulfide) groups is 1. The lowest BCUT2D eigenvalue weighted by molar-refractivity contribution is -0.255. The van der Waals surface area contributed by atoms with Crippen LogP contribution in [-0.4, -0.2) is 20.7 Å². The molecular weight excluding hydrogens is 314 g/mol. The zero-order chi connectivity index (χ0) is 16.2. The molecule has 3 rings (SSSR count). The normalized spacial score (nSPS) is 10.8. The van der Waals surface area contributed by atoms with E-state index >= 15 is 0 Å². The Labute approximate surface area is 137 Å². The number of hydrogen-bond donors (Lipinski definition) is 0. The van der Waals surface area contributed by atoms with E-state index in [1.807, 2.05) is 29.7 Å². The standard InChI is InChI=1S/C16H15N3O3S/c1-2-19-14(13-7-4-8-22-13)17-18-16(19)23-10-11-5-3-6-12(9-11)15(20)21/h3-9H,2,10H2,1H3,(H,20,21)/p-1. The highest BCUT2D eigenvalue weighted by atomic mass is 32.2. The van der Waals surface area contributed by atoms with Gasteiger partial charge in [-0.1, -0.05) is 30.0 Å². The zero-order valence-corrected chi connectivity index (χ0v) is 13.2. The molecule has 0 saturated carbocycles. The molecule has 3 aromatic rings. The molecule has 0 unspecified atom stereocenters. The molecule has 2 aromatic heterocycles. The van der Waals surface area contributed by atoms with E-state index in [1.54, 1.807) is 18.4 Å². The van der Waals surface area contributed by atoms with Crippen LogP contribution in [0.2, 0.25) is 0 Å². The van der Waals surface area contributed by atoms with Gasteiger partial charge in [0, 0.05) is 12.3 Å². The average Bonchev–Trinajstić information content (AvgIpc) is 3.21. The van der Waals surface area contributed by atoms with Crippen molar-refractivity contribution in [2.24, 2.45) is 0 Å². The Hall–Kier alpha value is -2.54. The molecule has 0 radical (unpaired) electrons. The van der Waals surface area contributed by atoms with E-state index in [2.05, 4.69) is 10.2 Å². The van der Waals surface area contributed by atoms with Gasteiger partial charge in [-0.3, -0.25) is 4.57 Å². The first-order valence-corrected chi connectivity index (χ1v) is 8.07. The molecule has 7 heteroatoms. The predicted molar refractivity (Wildman–Crippen MR) is 83.7 cm³/mol. The maximum Gasteiger partial charge on any atom is 0.200 e. The van der Waals surface area contributed by atoms with Crippen LogP contribution in [0.1, 0.15) is 22.8 Å². The first-order chi connectivity index (χ1) is 11.2. The van der Waals surface area contributed by atoms with Gasteiger partial charge in [0.25, 0.3) is 0 Å². The number of benzene rings is 1. The number of rotatable bonds is 6. The number of aromatic carboxylic acids is 1. The van der Waals surface area contributed by atoms with Gasteiger partial charge in [0.05, 0.1) is 12.2 Å². The van der Waals surface area contributed by atoms with Crippen molar-refractivity contribution in [1.82, 2.24) is 14.8 Å². The van der Waals surface area contributed by atoms with Crippen LogP contribution >= 0.6 is 11.8 Å². The molecule has 6 nitrogen and oxygen atoms in total. The molecule has 0 saturated heterocycles. The van der Waals surface area contributed by atoms with Crippen molar-refractivity contribution >= 4 is 17.7 Å². The first kappa shape index (κ1) is 15.4. The van der Waals surface area contributed by atoms with E-state index in [1.165, 1.54) is 17.8 Å². The molecule has 0 aliphatic carbocycles. The van der Waals surface area contributed by atoms with Crippen LogP contribution in [0.3, 0.4) is 0 Å². The third-order valence-electron chi connectivity index (χ3n) is 3.31. The van der Waals surface area contributed by atoms with E-state index in [4.69, 9.17) is 4.42 Å². The molecule has 0 bridgehead atoms. The lowest BCUT2D eigenvalue weighted by Gasteiger charge is -2.07. The van der Waals surface area contributed by atoms with Crippen LogP contribution in [0, 0.1) is 0 Å². The van der Waals surface area contributed by atoms with E-state index in [0.29, 0.717) is 23.9 Å². The molecule has 23 heavy (non-hydrogen) atoms. The number of carbonyl (C=O) groups excluding carboxylic acids is 1. The van der Waals surface area contributed by atoms with Crippen molar-refractivity contribution in [3.05, 3.63) is 53.8 Å². The van der Waals surface area contributed by atoms with Crippen molar-refractivity contribution < 1.29 is 14.3 Å². The van der Waals surface area contributed by atoms with Crippen LogP contribution in [0.5, 0.6) is 0 Å². The Morgan fingerprint density at radius 3 is 2.87 bits per heavy atom. The van der Waals surface area contributed by atoms with E-state index < -0.39 is 5.97 Å². The van der Waals surface area contributed by atoms with Gasteiger partial charge in [-0.25, -0.2) is 0 Å². The summed E-state index contributed by atoms with van der Waals surface area (Å²) < 4.78 is 7.34. The van der Waals surface area contributed by atoms with Gasteiger partial charge in [-0.15, -0.1) is 10.2 Å². The molecule has 0 amide bonds. The number of furan rings is 1. The minimum Gasteiger partial charge on any atom is -0.545 e. The Kier molecular flexibility index (Phi) is 4.47. The van der Waals surface area contributed by atoms with Gasteiger partial charge in [0.2, 0.25) is 0 Å². The molecule has 0 N–H and O–H groups in total. The van der Waals surface area contributed by atoms with Gasteiger partial charge in [-0.2, -0.15) is 0 Å². The largest absolute Gasteiger partial charge is 0.545 e. The summed E-state index contributed by atoms with van der Waals surface area (Å²) in [6, 6.07) is 10.4. The Bertz CT molecular complexity index is 812. The minimum atomic E-state index is -1.17. The number of carboxylic acid groups (broad SMARTS) is 1. The van der Waals surface area contributed by atoms with Crippen molar-refractivity contribution in [2.45, 2.75) is 24.4 Å². The molecule has 0 aliphatic heterocycles. The van der Waals surface area contributed by atoms with Crippen LogP contribution in [-0.2, 0) is 12.3 Å². The molecule has 0 fully saturated rings. The van der Waals surface area contributed by atoms with Crippen LogP contribution in [0.4, 0.5) is 0 Å². The van der Waals surface area contributed by atoms with Crippen molar-refractivity contribution in [1.29, 1.82) is 0 Å². The Morgan fingerprint density at radius 1 is 1.30 bits per heavy atom. The molecule has 1 aromatic carbocycles. The topological polar surface area (TPSA) is 84.0 Å². The second-order valence-electron chi connectivity index (χ2n) is 4.80. The van der Waals surface area contributed by atoms with E-state index in [0.717, 1.165) is 10.7 Å². The van der Waals surface area contributed by atoms with Gasteiger partial charge in [0.15, 0.2) is 16.7 Å². The smallest absolute Gasteiger partial charge is 0.200 e. The summed E-state index contributed by atoms with van der Waals surface area (Å²) >= 11 is 1.50. The summed E-state index contributed by atoms with van der Waals surface area (Å²) in [5, 5.41) is 20.1. The fraction of sp³-hybridized carbons (Fsp3) is 0.188. The quantitative estimate of drug-likeness (QED) is 0.645. The molecule has 118 valence electrons.